The molecule has 1 amide bonds. The van der Waals surface area contributed by atoms with Gasteiger partial charge in [0, 0.05) is 12.7 Å². The fourth-order valence-corrected chi connectivity index (χ4v) is 2.77. The molecule has 0 bridgehead atoms. The maximum atomic E-state index is 11.6. The third-order valence-electron chi connectivity index (χ3n) is 3.27. The number of aromatic nitrogens is 1. The van der Waals surface area contributed by atoms with Crippen LogP contribution in [-0.2, 0) is 18.0 Å². The number of hydrogen-bond acceptors (Lipinski definition) is 7. The molecule has 2 aromatic rings. The quantitative estimate of drug-likeness (QED) is 0.570. The molecule has 1 aromatic carbocycles. The van der Waals surface area contributed by atoms with E-state index < -0.39 is 18.3 Å². The van der Waals surface area contributed by atoms with Crippen molar-refractivity contribution in [3.05, 3.63) is 52.0 Å². The summed E-state index contributed by atoms with van der Waals surface area (Å²) in [5.41, 5.74) is 0.881. The summed E-state index contributed by atoms with van der Waals surface area (Å²) >= 11 is 1.13. The number of carbonyl (C=O) groups excluding carboxylic acids is 1. The van der Waals surface area contributed by atoms with Crippen molar-refractivity contribution in [2.24, 2.45) is 0 Å². The van der Waals surface area contributed by atoms with Crippen LogP contribution in [0.5, 0.6) is 0 Å². The number of nitrogens with zero attached hydrogens (tertiary/aromatic N) is 1. The molecule has 0 aliphatic rings. The second-order valence-electron chi connectivity index (χ2n) is 5.11. The van der Waals surface area contributed by atoms with Gasteiger partial charge < -0.3 is 25.4 Å². The molecule has 0 saturated heterocycles. The average Bonchev–Trinajstić information content (AvgIpc) is 3.09. The normalized spacial score (nSPS) is 13.3. The number of aliphatic hydroxyl groups is 3. The maximum Gasteiger partial charge on any atom is 0.407 e. The Morgan fingerprint density at radius 1 is 1.29 bits per heavy atom. The number of benzene rings is 1. The first kappa shape index (κ1) is 18.3. The van der Waals surface area contributed by atoms with Gasteiger partial charge in [-0.25, -0.2) is 9.78 Å². The molecule has 8 heteroatoms. The smallest absolute Gasteiger partial charge is 0.407 e. The van der Waals surface area contributed by atoms with Crippen LogP contribution in [0.4, 0.5) is 4.79 Å². The minimum Gasteiger partial charge on any atom is -0.445 e. The van der Waals surface area contributed by atoms with Crippen LogP contribution in [0.25, 0.3) is 0 Å². The van der Waals surface area contributed by atoms with Gasteiger partial charge in [-0.1, -0.05) is 30.3 Å². The van der Waals surface area contributed by atoms with Crippen LogP contribution in [0.15, 0.2) is 36.5 Å². The van der Waals surface area contributed by atoms with E-state index in [1.54, 1.807) is 0 Å². The summed E-state index contributed by atoms with van der Waals surface area (Å²) in [6, 6.07) is 9.29. The molecule has 4 N–H and O–H groups in total. The van der Waals surface area contributed by atoms with E-state index in [1.807, 2.05) is 30.3 Å². The summed E-state index contributed by atoms with van der Waals surface area (Å²) in [4.78, 5) is 16.1. The van der Waals surface area contributed by atoms with Gasteiger partial charge in [0.2, 0.25) is 0 Å². The Morgan fingerprint density at radius 3 is 2.71 bits per heavy atom. The topological polar surface area (TPSA) is 112 Å². The Morgan fingerprint density at radius 2 is 2.04 bits per heavy atom. The van der Waals surface area contributed by atoms with E-state index in [2.05, 4.69) is 10.3 Å². The molecule has 0 spiro atoms. The zero-order chi connectivity index (χ0) is 17.4. The Kier molecular flexibility index (Phi) is 7.13. The SMILES string of the molecule is O=C(NCCC(O)C(O)c1ncc(CO)s1)OCc1ccccc1. The molecular weight excluding hydrogens is 332 g/mol. The minimum atomic E-state index is -1.16. The van der Waals surface area contributed by atoms with Gasteiger partial charge in [-0.3, -0.25) is 0 Å². The summed E-state index contributed by atoms with van der Waals surface area (Å²) in [7, 11) is 0. The van der Waals surface area contributed by atoms with Crippen molar-refractivity contribution in [3.63, 3.8) is 0 Å². The Labute approximate surface area is 143 Å². The van der Waals surface area contributed by atoms with Crippen LogP contribution >= 0.6 is 11.3 Å². The molecule has 0 saturated carbocycles. The lowest BCUT2D eigenvalue weighted by Gasteiger charge is -2.16. The van der Waals surface area contributed by atoms with Crippen molar-refractivity contribution in [1.29, 1.82) is 0 Å². The van der Waals surface area contributed by atoms with E-state index in [1.165, 1.54) is 6.20 Å². The second kappa shape index (κ2) is 9.33. The fraction of sp³-hybridized carbons (Fsp3) is 0.375. The van der Waals surface area contributed by atoms with Gasteiger partial charge in [0.25, 0.3) is 0 Å². The molecule has 0 aliphatic carbocycles. The number of carbonyl (C=O) groups is 1. The van der Waals surface area contributed by atoms with Crippen molar-refractivity contribution in [3.8, 4) is 0 Å². The first-order chi connectivity index (χ1) is 11.6. The highest BCUT2D eigenvalue weighted by atomic mass is 32.1. The van der Waals surface area contributed by atoms with Gasteiger partial charge in [0.15, 0.2) is 0 Å². The van der Waals surface area contributed by atoms with E-state index >= 15 is 0 Å². The van der Waals surface area contributed by atoms with E-state index in [0.717, 1.165) is 16.9 Å². The van der Waals surface area contributed by atoms with Crippen molar-refractivity contribution < 1.29 is 24.9 Å². The van der Waals surface area contributed by atoms with Crippen LogP contribution in [0.2, 0.25) is 0 Å². The molecule has 24 heavy (non-hydrogen) atoms. The van der Waals surface area contributed by atoms with Gasteiger partial charge in [-0.05, 0) is 12.0 Å². The van der Waals surface area contributed by atoms with E-state index in [-0.39, 0.29) is 26.2 Å². The Hall–Kier alpha value is -2.00. The second-order valence-corrected chi connectivity index (χ2v) is 6.26. The third-order valence-corrected chi connectivity index (χ3v) is 4.32. The fourth-order valence-electron chi connectivity index (χ4n) is 1.95. The highest BCUT2D eigenvalue weighted by Crippen LogP contribution is 2.23. The highest BCUT2D eigenvalue weighted by molar-refractivity contribution is 7.11. The van der Waals surface area contributed by atoms with Gasteiger partial charge in [0.05, 0.1) is 17.6 Å². The van der Waals surface area contributed by atoms with Crippen molar-refractivity contribution in [2.45, 2.75) is 31.8 Å². The standard InChI is InChI=1S/C16H20N2O5S/c19-9-12-8-18-15(24-12)14(21)13(20)6-7-17-16(22)23-10-11-4-2-1-3-5-11/h1-5,8,13-14,19-21H,6-7,9-10H2,(H,17,22). The zero-order valence-corrected chi connectivity index (χ0v) is 13.8. The molecule has 2 unspecified atom stereocenters. The minimum absolute atomic E-state index is 0.148. The molecular formula is C16H20N2O5S. The molecule has 0 aliphatic heterocycles. The Balaban J connectivity index is 1.67. The largest absolute Gasteiger partial charge is 0.445 e. The lowest BCUT2D eigenvalue weighted by atomic mass is 10.1. The number of alkyl carbamates (subject to hydrolysis) is 1. The molecule has 0 radical (unpaired) electrons. The monoisotopic (exact) mass is 352 g/mol. The van der Waals surface area contributed by atoms with Gasteiger partial charge in [-0.2, -0.15) is 0 Å². The van der Waals surface area contributed by atoms with E-state index in [4.69, 9.17) is 9.84 Å². The lowest BCUT2D eigenvalue weighted by molar-refractivity contribution is 0.0135. The number of nitrogens with one attached hydrogen (secondary N) is 1. The highest BCUT2D eigenvalue weighted by Gasteiger charge is 2.21. The van der Waals surface area contributed by atoms with Crippen LogP contribution < -0.4 is 5.32 Å². The summed E-state index contributed by atoms with van der Waals surface area (Å²) < 4.78 is 5.04. The van der Waals surface area contributed by atoms with Crippen LogP contribution in [0, 0.1) is 0 Å². The lowest BCUT2D eigenvalue weighted by Crippen LogP contribution is -2.29. The predicted octanol–water partition coefficient (Wildman–Crippen LogP) is 1.35. The van der Waals surface area contributed by atoms with Gasteiger partial charge >= 0.3 is 6.09 Å². The number of aliphatic hydroxyl groups excluding tert-OH is 3. The molecule has 1 aromatic heterocycles. The summed E-state index contributed by atoms with van der Waals surface area (Å²) in [6.45, 7) is 0.167. The van der Waals surface area contributed by atoms with Crippen molar-refractivity contribution in [1.82, 2.24) is 10.3 Å². The van der Waals surface area contributed by atoms with Crippen LogP contribution in [0.1, 0.15) is 28.0 Å². The third kappa shape index (κ3) is 5.57. The maximum absolute atomic E-state index is 11.6. The summed E-state index contributed by atoms with van der Waals surface area (Å²) in [5, 5.41) is 31.7. The molecule has 130 valence electrons. The van der Waals surface area contributed by atoms with E-state index in [0.29, 0.717) is 9.88 Å². The molecule has 1 heterocycles. The summed E-state index contributed by atoms with van der Waals surface area (Å²) in [5.74, 6) is 0. The Bertz CT molecular complexity index is 634. The average molecular weight is 352 g/mol. The predicted molar refractivity (Wildman–Crippen MR) is 88.3 cm³/mol. The van der Waals surface area contributed by atoms with Crippen LogP contribution in [-0.4, -0.2) is 39.0 Å². The molecule has 7 nitrogen and oxygen atoms in total. The van der Waals surface area contributed by atoms with Crippen molar-refractivity contribution in [2.75, 3.05) is 6.54 Å². The number of hydrogen-bond donors (Lipinski definition) is 4. The molecule has 2 rings (SSSR count). The number of amides is 1. The first-order valence-corrected chi connectivity index (χ1v) is 8.28. The van der Waals surface area contributed by atoms with Gasteiger partial charge in [-0.15, -0.1) is 11.3 Å². The van der Waals surface area contributed by atoms with Crippen LogP contribution in [0.3, 0.4) is 0 Å². The molecule has 2 atom stereocenters. The van der Waals surface area contributed by atoms with Crippen molar-refractivity contribution >= 4 is 17.4 Å². The van der Waals surface area contributed by atoms with Gasteiger partial charge in [0.1, 0.15) is 17.7 Å². The number of ether oxygens (including phenoxy) is 1. The number of thiazole rings is 1. The summed E-state index contributed by atoms with van der Waals surface area (Å²) in [6.07, 6.45) is -1.21. The zero-order valence-electron chi connectivity index (χ0n) is 13.0. The first-order valence-electron chi connectivity index (χ1n) is 7.46. The molecule has 0 fully saturated rings. The number of rotatable bonds is 8. The van der Waals surface area contributed by atoms with E-state index in [9.17, 15) is 15.0 Å².